The molecule has 2 heterocycles. The molecule has 0 unspecified atom stereocenters. The molecule has 9 heteroatoms. The Bertz CT molecular complexity index is 1180. The molecule has 2 aromatic carbocycles. The van der Waals surface area contributed by atoms with Crippen molar-refractivity contribution in [2.45, 2.75) is 35.9 Å². The molecule has 4 rings (SSSR count). The molecule has 1 aliphatic heterocycles. The topological polar surface area (TPSA) is 141 Å². The fourth-order valence-electron chi connectivity index (χ4n) is 3.71. The second-order valence-corrected chi connectivity index (χ2v) is 9.23. The molecular weight excluding hydrogens is 448 g/mol. The molecule has 0 spiro atoms. The zero-order valence-electron chi connectivity index (χ0n) is 17.7. The quantitative estimate of drug-likeness (QED) is 0.270. The summed E-state index contributed by atoms with van der Waals surface area (Å²) in [6.07, 6.45) is 0.130. The summed E-state index contributed by atoms with van der Waals surface area (Å²) in [7, 11) is 0. The minimum absolute atomic E-state index is 0.0178. The van der Waals surface area contributed by atoms with Crippen LogP contribution in [0, 0.1) is 6.92 Å². The van der Waals surface area contributed by atoms with Gasteiger partial charge in [0.2, 0.25) is 0 Å². The maximum atomic E-state index is 13.0. The molecule has 1 fully saturated rings. The summed E-state index contributed by atoms with van der Waals surface area (Å²) in [4.78, 5) is 13.0. The van der Waals surface area contributed by atoms with Gasteiger partial charge in [0.05, 0.1) is 24.2 Å². The molecule has 174 valence electrons. The summed E-state index contributed by atoms with van der Waals surface area (Å²) in [6, 6.07) is 10.2. The first-order valence-electron chi connectivity index (χ1n) is 10.3. The molecule has 1 aliphatic rings. The number of allylic oxidation sites excluding steroid dienone is 1. The molecule has 1 aromatic heterocycles. The van der Waals surface area contributed by atoms with Crippen LogP contribution < -0.4 is 4.74 Å². The second-order valence-electron chi connectivity index (χ2n) is 7.89. The lowest BCUT2D eigenvalue weighted by molar-refractivity contribution is -0.0910. The summed E-state index contributed by atoms with van der Waals surface area (Å²) in [5.41, 5.74) is 0.911. The number of aliphatic hydroxyl groups is 4. The van der Waals surface area contributed by atoms with Crippen molar-refractivity contribution in [3.63, 3.8) is 0 Å². The molecule has 3 aromatic rings. The molecule has 5 N–H and O–H groups in total. The van der Waals surface area contributed by atoms with Gasteiger partial charge in [-0.25, -0.2) is 0 Å². The van der Waals surface area contributed by atoms with Crippen molar-refractivity contribution in [2.24, 2.45) is 0 Å². The van der Waals surface area contributed by atoms with Crippen molar-refractivity contribution in [2.75, 3.05) is 6.61 Å². The van der Waals surface area contributed by atoms with E-state index in [9.17, 15) is 30.3 Å². The fourth-order valence-corrected chi connectivity index (χ4v) is 4.94. The Morgan fingerprint density at radius 3 is 2.67 bits per heavy atom. The Morgan fingerprint density at radius 2 is 1.91 bits per heavy atom. The van der Waals surface area contributed by atoms with Gasteiger partial charge in [-0.1, -0.05) is 12.1 Å². The molecule has 0 amide bonds. The van der Waals surface area contributed by atoms with Gasteiger partial charge in [-0.3, -0.25) is 4.79 Å². The van der Waals surface area contributed by atoms with Gasteiger partial charge in [-0.15, -0.1) is 11.8 Å². The number of carbonyl (C=O) groups is 1. The number of rotatable bonds is 6. The van der Waals surface area contributed by atoms with Gasteiger partial charge in [-0.2, -0.15) is 0 Å². The van der Waals surface area contributed by atoms with Crippen LogP contribution in [0.2, 0.25) is 0 Å². The van der Waals surface area contributed by atoms with E-state index in [-0.39, 0.29) is 17.1 Å². The summed E-state index contributed by atoms with van der Waals surface area (Å²) >= 11 is 0.939. The van der Waals surface area contributed by atoms with Crippen LogP contribution in [0.5, 0.6) is 11.5 Å². The average Bonchev–Trinajstić information content (AvgIpc) is 3.25. The van der Waals surface area contributed by atoms with Crippen LogP contribution >= 0.6 is 11.8 Å². The third-order valence-electron chi connectivity index (χ3n) is 5.47. The van der Waals surface area contributed by atoms with Gasteiger partial charge in [0.15, 0.2) is 11.2 Å². The van der Waals surface area contributed by atoms with Gasteiger partial charge in [0.25, 0.3) is 0 Å². The normalized spacial score (nSPS) is 25.5. The van der Waals surface area contributed by atoms with E-state index in [1.807, 2.05) is 12.1 Å². The standard InChI is InChI=1S/C24H24O8S/c1-12-8-16(27)20(15(26)4-2-13-3-5-17-14(10-13)6-7-31-17)18(9-12)32-24-23(30)22(29)21(28)19(11-25)33-24/h2-10,19,21-25,27-30H,11H2,1H3/t19-,21+,22-,23+,24-/m0/s1. The van der Waals surface area contributed by atoms with Crippen molar-refractivity contribution < 1.29 is 39.5 Å². The zero-order valence-corrected chi connectivity index (χ0v) is 18.5. The van der Waals surface area contributed by atoms with Gasteiger partial charge < -0.3 is 34.7 Å². The van der Waals surface area contributed by atoms with Crippen molar-refractivity contribution in [3.8, 4) is 11.5 Å². The number of carbonyl (C=O) groups excluding carboxylic acids is 1. The number of hydrogen-bond donors (Lipinski definition) is 5. The highest BCUT2D eigenvalue weighted by molar-refractivity contribution is 8.00. The third kappa shape index (κ3) is 4.78. The molecular formula is C24H24O8S. The van der Waals surface area contributed by atoms with E-state index in [4.69, 9.17) is 9.15 Å². The van der Waals surface area contributed by atoms with Crippen LogP contribution in [-0.2, 0) is 0 Å². The minimum Gasteiger partial charge on any atom is -0.507 e. The number of aryl methyl sites for hydroxylation is 1. The molecule has 5 atom stereocenters. The van der Waals surface area contributed by atoms with E-state index in [0.29, 0.717) is 5.56 Å². The third-order valence-corrected chi connectivity index (χ3v) is 6.89. The predicted molar refractivity (Wildman–Crippen MR) is 123 cm³/mol. The number of aliphatic hydroxyl groups excluding tert-OH is 4. The SMILES string of the molecule is Cc1cc(O)c(C(=O)C=Cc2ccc3occc3c2)c(O[C@H]2S[C@@H](CO)[C@@H](O)[C@H](O)[C@H]2O)c1. The lowest BCUT2D eigenvalue weighted by Crippen LogP contribution is -2.55. The van der Waals surface area contributed by atoms with Crippen LogP contribution in [0.3, 0.4) is 0 Å². The fraction of sp³-hybridized carbons (Fsp3) is 0.292. The minimum atomic E-state index is -1.54. The lowest BCUT2D eigenvalue weighted by atomic mass is 10.0. The molecule has 8 nitrogen and oxygen atoms in total. The molecule has 33 heavy (non-hydrogen) atoms. The molecule has 0 radical (unpaired) electrons. The van der Waals surface area contributed by atoms with E-state index < -0.39 is 41.4 Å². The molecule has 1 saturated heterocycles. The highest BCUT2D eigenvalue weighted by Gasteiger charge is 2.44. The van der Waals surface area contributed by atoms with Gasteiger partial charge in [-0.05, 0) is 54.5 Å². The maximum Gasteiger partial charge on any atom is 0.193 e. The summed E-state index contributed by atoms with van der Waals surface area (Å²) in [5, 5.41) is 50.5. The van der Waals surface area contributed by atoms with Crippen LogP contribution in [0.1, 0.15) is 21.5 Å². The number of fused-ring (bicyclic) bond motifs is 1. The second kappa shape index (κ2) is 9.58. The van der Waals surface area contributed by atoms with Crippen molar-refractivity contribution >= 4 is 34.6 Å². The largest absolute Gasteiger partial charge is 0.507 e. The van der Waals surface area contributed by atoms with Crippen molar-refractivity contribution in [3.05, 3.63) is 65.4 Å². The molecule has 0 saturated carbocycles. The molecule has 0 bridgehead atoms. The summed E-state index contributed by atoms with van der Waals surface area (Å²) in [5.74, 6) is -0.798. The van der Waals surface area contributed by atoms with Crippen LogP contribution in [0.4, 0.5) is 0 Å². The maximum absolute atomic E-state index is 13.0. The smallest absolute Gasteiger partial charge is 0.193 e. The van der Waals surface area contributed by atoms with Gasteiger partial charge in [0, 0.05) is 5.39 Å². The van der Waals surface area contributed by atoms with Crippen molar-refractivity contribution in [1.29, 1.82) is 0 Å². The lowest BCUT2D eigenvalue weighted by Gasteiger charge is -2.39. The number of benzene rings is 2. The Balaban J connectivity index is 1.61. The first-order valence-corrected chi connectivity index (χ1v) is 11.2. The van der Waals surface area contributed by atoms with Crippen molar-refractivity contribution in [1.82, 2.24) is 0 Å². The number of phenolic OH excluding ortho intramolecular Hbond substituents is 1. The van der Waals surface area contributed by atoms with Crippen LogP contribution in [-0.4, -0.2) is 66.9 Å². The Kier molecular flexibility index (Phi) is 6.78. The van der Waals surface area contributed by atoms with E-state index in [1.54, 1.807) is 31.4 Å². The number of ether oxygens (including phenoxy) is 1. The summed E-state index contributed by atoms with van der Waals surface area (Å²) in [6.45, 7) is 1.26. The summed E-state index contributed by atoms with van der Waals surface area (Å²) < 4.78 is 11.1. The first kappa shape index (κ1) is 23.3. The number of ketones is 1. The highest BCUT2D eigenvalue weighted by Crippen LogP contribution is 2.38. The number of hydrogen-bond acceptors (Lipinski definition) is 9. The Morgan fingerprint density at radius 1 is 1.12 bits per heavy atom. The Hall–Kier alpha value is -2.82. The Labute approximate surface area is 193 Å². The number of aromatic hydroxyl groups is 1. The van der Waals surface area contributed by atoms with Crippen LogP contribution in [0.15, 0.2) is 53.2 Å². The predicted octanol–water partition coefficient (Wildman–Crippen LogP) is 2.24. The van der Waals surface area contributed by atoms with E-state index in [1.165, 1.54) is 18.2 Å². The number of furan rings is 1. The first-order chi connectivity index (χ1) is 15.8. The highest BCUT2D eigenvalue weighted by atomic mass is 32.2. The van der Waals surface area contributed by atoms with E-state index in [0.717, 1.165) is 28.3 Å². The van der Waals surface area contributed by atoms with E-state index >= 15 is 0 Å². The number of thioether (sulfide) groups is 1. The number of phenols is 1. The average molecular weight is 473 g/mol. The van der Waals surface area contributed by atoms with Gasteiger partial charge >= 0.3 is 0 Å². The van der Waals surface area contributed by atoms with Gasteiger partial charge in [0.1, 0.15) is 34.9 Å². The molecule has 0 aliphatic carbocycles. The van der Waals surface area contributed by atoms with Crippen LogP contribution in [0.25, 0.3) is 17.0 Å². The van der Waals surface area contributed by atoms with E-state index in [2.05, 4.69) is 0 Å². The zero-order chi connectivity index (χ0) is 23.7. The monoisotopic (exact) mass is 472 g/mol.